The van der Waals surface area contributed by atoms with Crippen molar-refractivity contribution in [3.05, 3.63) is 64.0 Å². The van der Waals surface area contributed by atoms with Crippen LogP contribution in [0.3, 0.4) is 0 Å². The van der Waals surface area contributed by atoms with Crippen LogP contribution in [0.4, 0.5) is 15.6 Å². The monoisotopic (exact) mass is 467 g/mol. The molecule has 168 valence electrons. The van der Waals surface area contributed by atoms with Gasteiger partial charge in [-0.25, -0.2) is 9.78 Å². The zero-order valence-electron chi connectivity index (χ0n) is 18.7. The van der Waals surface area contributed by atoms with E-state index < -0.39 is 0 Å². The van der Waals surface area contributed by atoms with Crippen LogP contribution in [0.2, 0.25) is 5.02 Å². The minimum absolute atomic E-state index is 0.217. The number of urea groups is 1. The zero-order chi connectivity index (χ0) is 22.5. The highest BCUT2D eigenvalue weighted by molar-refractivity contribution is 7.14. The number of carbonyl (C=O) groups is 1. The Morgan fingerprint density at radius 2 is 1.91 bits per heavy atom. The lowest BCUT2D eigenvalue weighted by Crippen LogP contribution is -2.35. The van der Waals surface area contributed by atoms with Crippen molar-refractivity contribution in [1.29, 1.82) is 0 Å². The molecule has 2 amide bonds. The van der Waals surface area contributed by atoms with Crippen molar-refractivity contribution in [2.75, 3.05) is 16.8 Å². The molecule has 0 spiro atoms. The fourth-order valence-electron chi connectivity index (χ4n) is 4.29. The minimum atomic E-state index is -0.217. The summed E-state index contributed by atoms with van der Waals surface area (Å²) in [6, 6.07) is 14.2. The lowest BCUT2D eigenvalue weighted by Gasteiger charge is -2.22. The van der Waals surface area contributed by atoms with E-state index in [9.17, 15) is 4.79 Å². The Balaban J connectivity index is 1.49. The van der Waals surface area contributed by atoms with Gasteiger partial charge in [-0.15, -0.1) is 11.3 Å². The fraction of sp³-hybridized carbons (Fsp3) is 0.385. The molecule has 1 aliphatic rings. The summed E-state index contributed by atoms with van der Waals surface area (Å²) in [4.78, 5) is 19.5. The molecule has 32 heavy (non-hydrogen) atoms. The first-order valence-electron chi connectivity index (χ1n) is 11.5. The number of aryl methyl sites for hydroxylation is 1. The first-order chi connectivity index (χ1) is 15.5. The second kappa shape index (κ2) is 10.5. The lowest BCUT2D eigenvalue weighted by molar-refractivity contribution is 0.257. The van der Waals surface area contributed by atoms with Crippen LogP contribution < -0.4 is 10.2 Å². The molecular formula is C26H30ClN3OS. The van der Waals surface area contributed by atoms with E-state index >= 15 is 0 Å². The van der Waals surface area contributed by atoms with E-state index in [4.69, 9.17) is 16.6 Å². The van der Waals surface area contributed by atoms with Gasteiger partial charge in [0, 0.05) is 17.5 Å². The number of rotatable bonds is 6. The lowest BCUT2D eigenvalue weighted by atomic mass is 9.84. The van der Waals surface area contributed by atoms with E-state index in [0.717, 1.165) is 23.2 Å². The molecule has 1 aromatic heterocycles. The van der Waals surface area contributed by atoms with Crippen LogP contribution in [-0.2, 0) is 0 Å². The van der Waals surface area contributed by atoms with Gasteiger partial charge in [-0.2, -0.15) is 0 Å². The molecule has 0 atom stereocenters. The number of benzene rings is 2. The largest absolute Gasteiger partial charge is 0.328 e. The maximum Gasteiger partial charge on any atom is 0.328 e. The van der Waals surface area contributed by atoms with Gasteiger partial charge in [0.05, 0.1) is 16.4 Å². The highest BCUT2D eigenvalue weighted by Gasteiger charge is 2.20. The molecule has 1 heterocycles. The Labute approximate surface area is 199 Å². The molecular weight excluding hydrogens is 438 g/mol. The van der Waals surface area contributed by atoms with Gasteiger partial charge in [0.1, 0.15) is 0 Å². The van der Waals surface area contributed by atoms with Crippen LogP contribution in [0, 0.1) is 6.92 Å². The standard InChI is InChI=1S/C26H30ClN3OS/c1-3-15-30(25(31)28-23-14-9-18(2)16-22(23)27)26-29-24(17-32-26)21-12-10-20(11-13-21)19-7-5-4-6-8-19/h9-14,16-17,19H,3-8,15H2,1-2H3,(H,28,31). The Bertz CT molecular complexity index is 1060. The van der Waals surface area contributed by atoms with Crippen molar-refractivity contribution >= 4 is 39.8 Å². The van der Waals surface area contributed by atoms with Crippen LogP contribution in [0.5, 0.6) is 0 Å². The number of halogens is 1. The van der Waals surface area contributed by atoms with Crippen molar-refractivity contribution < 1.29 is 4.79 Å². The van der Waals surface area contributed by atoms with Crippen LogP contribution in [0.25, 0.3) is 11.3 Å². The van der Waals surface area contributed by atoms with Crippen LogP contribution >= 0.6 is 22.9 Å². The third kappa shape index (κ3) is 5.33. The number of anilines is 2. The number of nitrogens with zero attached hydrogens (tertiary/aromatic N) is 2. The molecule has 1 saturated carbocycles. The van der Waals surface area contributed by atoms with E-state index in [1.165, 1.54) is 49.0 Å². The molecule has 4 rings (SSSR count). The van der Waals surface area contributed by atoms with Gasteiger partial charge in [0.15, 0.2) is 5.13 Å². The quantitative estimate of drug-likeness (QED) is 0.396. The summed E-state index contributed by atoms with van der Waals surface area (Å²) in [7, 11) is 0. The molecule has 0 unspecified atom stereocenters. The van der Waals surface area contributed by atoms with Gasteiger partial charge in [-0.3, -0.25) is 4.90 Å². The third-order valence-corrected chi connectivity index (χ3v) is 7.24. The van der Waals surface area contributed by atoms with Gasteiger partial charge >= 0.3 is 6.03 Å². The molecule has 1 N–H and O–H groups in total. The van der Waals surface area contributed by atoms with E-state index in [2.05, 4.69) is 36.5 Å². The predicted octanol–water partition coefficient (Wildman–Crippen LogP) is 8.27. The second-order valence-corrected chi connectivity index (χ2v) is 9.78. The fourth-order valence-corrected chi connectivity index (χ4v) is 5.44. The molecule has 0 saturated heterocycles. The topological polar surface area (TPSA) is 45.2 Å². The summed E-state index contributed by atoms with van der Waals surface area (Å²) in [5.74, 6) is 0.695. The van der Waals surface area contributed by atoms with Gasteiger partial charge in [-0.1, -0.05) is 68.1 Å². The number of hydrogen-bond acceptors (Lipinski definition) is 3. The van der Waals surface area contributed by atoms with E-state index in [0.29, 0.717) is 28.3 Å². The summed E-state index contributed by atoms with van der Waals surface area (Å²) in [6.07, 6.45) is 7.47. The number of thiazole rings is 1. The van der Waals surface area contributed by atoms with Gasteiger partial charge in [0.25, 0.3) is 0 Å². The first kappa shape index (κ1) is 22.8. The average molecular weight is 468 g/mol. The Morgan fingerprint density at radius 1 is 1.16 bits per heavy atom. The van der Waals surface area contributed by atoms with Crippen LogP contribution in [0.1, 0.15) is 62.5 Å². The molecule has 1 fully saturated rings. The minimum Gasteiger partial charge on any atom is -0.306 e. The molecule has 0 bridgehead atoms. The SMILES string of the molecule is CCCN(C(=O)Nc1ccc(C)cc1Cl)c1nc(-c2ccc(C3CCCCC3)cc2)cs1. The molecule has 3 aromatic rings. The number of hydrogen-bond donors (Lipinski definition) is 1. The molecule has 6 heteroatoms. The van der Waals surface area contributed by atoms with Crippen LogP contribution in [0.15, 0.2) is 47.8 Å². The molecule has 4 nitrogen and oxygen atoms in total. The average Bonchev–Trinajstić information content (AvgIpc) is 3.30. The van der Waals surface area contributed by atoms with E-state index in [1.807, 2.05) is 30.5 Å². The van der Waals surface area contributed by atoms with E-state index in [1.54, 1.807) is 4.90 Å². The normalized spacial score (nSPS) is 14.3. The van der Waals surface area contributed by atoms with Gasteiger partial charge < -0.3 is 5.32 Å². The third-order valence-electron chi connectivity index (χ3n) is 6.06. The molecule has 2 aromatic carbocycles. The van der Waals surface area contributed by atoms with Crippen molar-refractivity contribution in [2.45, 2.75) is 58.3 Å². The van der Waals surface area contributed by atoms with Crippen molar-refractivity contribution in [3.8, 4) is 11.3 Å². The Kier molecular flexibility index (Phi) is 7.48. The maximum atomic E-state index is 13.0. The summed E-state index contributed by atoms with van der Waals surface area (Å²) in [6.45, 7) is 4.61. The number of carbonyl (C=O) groups excluding carboxylic acids is 1. The highest BCUT2D eigenvalue weighted by Crippen LogP contribution is 2.34. The van der Waals surface area contributed by atoms with Gasteiger partial charge in [-0.05, 0) is 55.4 Å². The highest BCUT2D eigenvalue weighted by atomic mass is 35.5. The Hall–Kier alpha value is -2.37. The predicted molar refractivity (Wildman–Crippen MR) is 136 cm³/mol. The van der Waals surface area contributed by atoms with Gasteiger partial charge in [0.2, 0.25) is 0 Å². The second-order valence-electron chi connectivity index (χ2n) is 8.54. The van der Waals surface area contributed by atoms with Crippen molar-refractivity contribution in [2.24, 2.45) is 0 Å². The van der Waals surface area contributed by atoms with Crippen molar-refractivity contribution in [1.82, 2.24) is 4.98 Å². The number of amides is 2. The van der Waals surface area contributed by atoms with E-state index in [-0.39, 0.29) is 6.03 Å². The summed E-state index contributed by atoms with van der Waals surface area (Å²) in [5.41, 5.74) is 5.09. The number of aromatic nitrogens is 1. The summed E-state index contributed by atoms with van der Waals surface area (Å²) < 4.78 is 0. The summed E-state index contributed by atoms with van der Waals surface area (Å²) in [5, 5.41) is 6.19. The first-order valence-corrected chi connectivity index (χ1v) is 12.7. The molecule has 0 aliphatic heterocycles. The van der Waals surface area contributed by atoms with Crippen LogP contribution in [-0.4, -0.2) is 17.6 Å². The molecule has 1 aliphatic carbocycles. The van der Waals surface area contributed by atoms with Crippen molar-refractivity contribution in [3.63, 3.8) is 0 Å². The number of nitrogens with one attached hydrogen (secondary N) is 1. The maximum absolute atomic E-state index is 13.0. The smallest absolute Gasteiger partial charge is 0.306 e. The zero-order valence-corrected chi connectivity index (χ0v) is 20.3. The Morgan fingerprint density at radius 3 is 2.59 bits per heavy atom. The summed E-state index contributed by atoms with van der Waals surface area (Å²) >= 11 is 7.80. The molecule has 0 radical (unpaired) electrons.